The highest BCUT2D eigenvalue weighted by Crippen LogP contribution is 2.25. The van der Waals surface area contributed by atoms with E-state index < -0.39 is 5.54 Å². The highest BCUT2D eigenvalue weighted by Gasteiger charge is 2.34. The van der Waals surface area contributed by atoms with Crippen molar-refractivity contribution in [1.29, 1.82) is 0 Å². The summed E-state index contributed by atoms with van der Waals surface area (Å²) in [7, 11) is 0. The molecule has 0 unspecified atom stereocenters. The molecule has 1 fully saturated rings. The van der Waals surface area contributed by atoms with Crippen LogP contribution in [-0.4, -0.2) is 27.9 Å². The van der Waals surface area contributed by atoms with Crippen LogP contribution in [0.15, 0.2) is 0 Å². The molecule has 1 saturated heterocycles. The fraction of sp³-hybridized carbons (Fsp3) is 0.600. The van der Waals surface area contributed by atoms with E-state index >= 15 is 0 Å². The first-order chi connectivity index (χ1) is 4.25. The van der Waals surface area contributed by atoms with Gasteiger partial charge in [0.1, 0.15) is 0 Å². The van der Waals surface area contributed by atoms with E-state index in [4.69, 9.17) is 0 Å². The molecule has 4 heteroatoms. The normalized spacial score (nSPS) is 24.6. The van der Waals surface area contributed by atoms with Crippen LogP contribution in [0.5, 0.6) is 0 Å². The van der Waals surface area contributed by atoms with Gasteiger partial charge in [0.15, 0.2) is 0 Å². The highest BCUT2D eigenvalue weighted by atomic mass is 32.1. The molecule has 1 aliphatic heterocycles. The first-order valence-electron chi connectivity index (χ1n) is 2.62. The van der Waals surface area contributed by atoms with Crippen molar-refractivity contribution in [2.45, 2.75) is 12.0 Å². The fourth-order valence-corrected chi connectivity index (χ4v) is 1.42. The van der Waals surface area contributed by atoms with Crippen molar-refractivity contribution in [1.82, 2.24) is 5.06 Å². The molecule has 0 bridgehead atoms. The summed E-state index contributed by atoms with van der Waals surface area (Å²) in [6, 6.07) is 0. The van der Waals surface area contributed by atoms with E-state index in [9.17, 15) is 5.21 Å². The Balaban J connectivity index is 2.69. The minimum absolute atomic E-state index is 0.556. The van der Waals surface area contributed by atoms with Gasteiger partial charge in [0.25, 0.3) is 0 Å². The Morgan fingerprint density at radius 2 is 2.00 bits per heavy atom. The Bertz CT molecular complexity index is 140. The molecule has 50 valence electrons. The highest BCUT2D eigenvalue weighted by molar-refractivity contribution is 7.80. The van der Waals surface area contributed by atoms with E-state index in [1.807, 2.05) is 0 Å². The lowest BCUT2D eigenvalue weighted by atomic mass is 9.92. The third-order valence-electron chi connectivity index (χ3n) is 1.59. The van der Waals surface area contributed by atoms with Gasteiger partial charge in [-0.25, -0.2) is 0 Å². The Hall–Kier alpha value is 0.100. The third kappa shape index (κ3) is 0.920. The SMILES string of the molecule is [O-]N1CCC1(C=S)C=S. The lowest BCUT2D eigenvalue weighted by Gasteiger charge is -2.53. The molecule has 0 aliphatic carbocycles. The van der Waals surface area contributed by atoms with Gasteiger partial charge in [-0.3, -0.25) is 0 Å². The first-order valence-corrected chi connectivity index (χ1v) is 3.57. The zero-order valence-corrected chi connectivity index (χ0v) is 6.37. The maximum absolute atomic E-state index is 10.7. The van der Waals surface area contributed by atoms with Crippen molar-refractivity contribution in [2.24, 2.45) is 0 Å². The molecule has 1 aliphatic rings. The summed E-state index contributed by atoms with van der Waals surface area (Å²) in [6.07, 6.45) is 0.781. The van der Waals surface area contributed by atoms with Crippen LogP contribution in [0, 0.1) is 5.21 Å². The number of hydroxylamine groups is 2. The van der Waals surface area contributed by atoms with Gasteiger partial charge < -0.3 is 10.3 Å². The monoisotopic (exact) mass is 160 g/mol. The van der Waals surface area contributed by atoms with Crippen molar-refractivity contribution in [3.8, 4) is 0 Å². The van der Waals surface area contributed by atoms with Crippen LogP contribution < -0.4 is 0 Å². The molecule has 0 radical (unpaired) electrons. The van der Waals surface area contributed by atoms with Crippen LogP contribution in [0.25, 0.3) is 0 Å². The average molecular weight is 160 g/mol. The average Bonchev–Trinajstić information content (AvgIpc) is 1.89. The van der Waals surface area contributed by atoms with Crippen LogP contribution in [-0.2, 0) is 0 Å². The largest absolute Gasteiger partial charge is 0.784 e. The molecule has 1 rings (SSSR count). The molecular formula is C5H6NOS2-. The molecule has 1 heterocycles. The zero-order chi connectivity index (χ0) is 6.91. The van der Waals surface area contributed by atoms with E-state index in [1.54, 1.807) is 0 Å². The minimum atomic E-state index is -0.579. The predicted molar refractivity (Wildman–Crippen MR) is 44.7 cm³/mol. The number of nitrogens with zero attached hydrogens (tertiary/aromatic N) is 1. The molecule has 9 heavy (non-hydrogen) atoms. The van der Waals surface area contributed by atoms with Gasteiger partial charge in [0.05, 0.1) is 5.54 Å². The minimum Gasteiger partial charge on any atom is -0.784 e. The van der Waals surface area contributed by atoms with Crippen LogP contribution >= 0.6 is 24.4 Å². The maximum atomic E-state index is 10.7. The quantitative estimate of drug-likeness (QED) is 0.561. The first kappa shape index (κ1) is 7.21. The summed E-state index contributed by atoms with van der Waals surface area (Å²) in [5, 5.41) is 14.5. The molecular weight excluding hydrogens is 154 g/mol. The number of thiocarbonyl (C=S) groups is 2. The summed E-state index contributed by atoms with van der Waals surface area (Å²) in [6.45, 7) is 0.556. The summed E-state index contributed by atoms with van der Waals surface area (Å²) >= 11 is 9.30. The van der Waals surface area contributed by atoms with Crippen LogP contribution in [0.2, 0.25) is 0 Å². The van der Waals surface area contributed by atoms with Crippen molar-refractivity contribution in [3.63, 3.8) is 0 Å². The lowest BCUT2D eigenvalue weighted by molar-refractivity contribution is 0.175. The van der Waals surface area contributed by atoms with Crippen LogP contribution in [0.1, 0.15) is 6.42 Å². The Labute approximate surface area is 64.4 Å². The smallest absolute Gasteiger partial charge is 0.0680 e. The predicted octanol–water partition coefficient (Wildman–Crippen LogP) is 0.928. The molecule has 0 aromatic rings. The molecule has 0 spiro atoms. The second kappa shape index (κ2) is 2.38. The van der Waals surface area contributed by atoms with Gasteiger partial charge in [-0.15, -0.1) is 0 Å². The number of rotatable bonds is 2. The summed E-state index contributed by atoms with van der Waals surface area (Å²) in [5.41, 5.74) is -0.579. The van der Waals surface area contributed by atoms with Crippen molar-refractivity contribution >= 4 is 35.2 Å². The second-order valence-corrected chi connectivity index (χ2v) is 2.55. The maximum Gasteiger partial charge on any atom is 0.0680 e. The van der Waals surface area contributed by atoms with E-state index in [1.165, 1.54) is 10.7 Å². The van der Waals surface area contributed by atoms with Gasteiger partial charge in [-0.1, -0.05) is 24.4 Å². The molecule has 0 atom stereocenters. The second-order valence-electron chi connectivity index (χ2n) is 2.08. The van der Waals surface area contributed by atoms with Crippen molar-refractivity contribution < 1.29 is 0 Å². The Morgan fingerprint density at radius 3 is 2.00 bits per heavy atom. The summed E-state index contributed by atoms with van der Waals surface area (Å²) < 4.78 is 0. The van der Waals surface area contributed by atoms with Crippen molar-refractivity contribution in [3.05, 3.63) is 5.21 Å². The topological polar surface area (TPSA) is 26.3 Å². The van der Waals surface area contributed by atoms with Gasteiger partial charge in [-0.05, 0) is 13.0 Å². The Kier molecular flexibility index (Phi) is 1.91. The van der Waals surface area contributed by atoms with Crippen LogP contribution in [0.3, 0.4) is 0 Å². The number of hydrogen-bond donors (Lipinski definition) is 0. The molecule has 0 N–H and O–H groups in total. The standard InChI is InChI=1S/C5H6NOS2/c7-6-2-1-5(6,3-8)4-9/h3-4H,1-2H2/q-1. The van der Waals surface area contributed by atoms with E-state index in [0.717, 1.165) is 11.5 Å². The lowest BCUT2D eigenvalue weighted by Crippen LogP contribution is -2.58. The molecule has 0 aromatic carbocycles. The van der Waals surface area contributed by atoms with Gasteiger partial charge in [0.2, 0.25) is 0 Å². The van der Waals surface area contributed by atoms with Gasteiger partial charge in [-0.2, -0.15) is 0 Å². The Morgan fingerprint density at radius 1 is 1.44 bits per heavy atom. The molecule has 0 aromatic heterocycles. The third-order valence-corrected chi connectivity index (χ3v) is 2.40. The fourth-order valence-electron chi connectivity index (χ4n) is 0.724. The van der Waals surface area contributed by atoms with Crippen LogP contribution in [0.4, 0.5) is 0 Å². The zero-order valence-electron chi connectivity index (χ0n) is 4.74. The van der Waals surface area contributed by atoms with E-state index in [2.05, 4.69) is 24.4 Å². The molecule has 0 amide bonds. The summed E-state index contributed by atoms with van der Waals surface area (Å²) in [5.74, 6) is 0. The molecule has 0 saturated carbocycles. The summed E-state index contributed by atoms with van der Waals surface area (Å²) in [4.78, 5) is 0. The van der Waals surface area contributed by atoms with Gasteiger partial charge >= 0.3 is 0 Å². The van der Waals surface area contributed by atoms with Crippen molar-refractivity contribution in [2.75, 3.05) is 6.54 Å². The number of hydrogen-bond acceptors (Lipinski definition) is 4. The molecule has 2 nitrogen and oxygen atoms in total. The van der Waals surface area contributed by atoms with Gasteiger partial charge in [0, 0.05) is 10.7 Å². The van der Waals surface area contributed by atoms with E-state index in [0.29, 0.717) is 6.54 Å². The van der Waals surface area contributed by atoms with E-state index in [-0.39, 0.29) is 0 Å².